The lowest BCUT2D eigenvalue weighted by atomic mass is 10.2. The summed E-state index contributed by atoms with van der Waals surface area (Å²) in [6, 6.07) is 6.84. The second-order valence-corrected chi connectivity index (χ2v) is 5.86. The van der Waals surface area contributed by atoms with Crippen molar-refractivity contribution in [2.24, 2.45) is 0 Å². The Labute approximate surface area is 125 Å². The molecule has 0 aliphatic heterocycles. The summed E-state index contributed by atoms with van der Waals surface area (Å²) in [5.41, 5.74) is 2.72. The molecule has 5 nitrogen and oxygen atoms in total. The zero-order valence-electron chi connectivity index (χ0n) is 11.2. The monoisotopic (exact) mass is 337 g/mol. The molecule has 0 atom stereocenters. The largest absolute Gasteiger partial charge is 0.486 e. The quantitative estimate of drug-likeness (QED) is 0.877. The first-order valence-electron chi connectivity index (χ1n) is 6.65. The summed E-state index contributed by atoms with van der Waals surface area (Å²) in [5, 5.41) is 11.0. The van der Waals surface area contributed by atoms with Crippen LogP contribution in [0.5, 0.6) is 5.75 Å². The Morgan fingerprint density at radius 1 is 1.40 bits per heavy atom. The number of hydrogen-bond donors (Lipinski definition) is 1. The number of nitrogens with one attached hydrogen (secondary N) is 1. The van der Waals surface area contributed by atoms with E-state index in [1.165, 1.54) is 18.4 Å². The van der Waals surface area contributed by atoms with E-state index in [0.29, 0.717) is 12.6 Å². The molecule has 0 amide bonds. The Kier molecular flexibility index (Phi) is 4.03. The van der Waals surface area contributed by atoms with Gasteiger partial charge in [0.2, 0.25) is 0 Å². The van der Waals surface area contributed by atoms with Crippen LogP contribution < -0.4 is 10.1 Å². The predicted molar refractivity (Wildman–Crippen MR) is 77.4 cm³/mol. The minimum Gasteiger partial charge on any atom is -0.486 e. The van der Waals surface area contributed by atoms with Gasteiger partial charge in [0, 0.05) is 12.6 Å². The van der Waals surface area contributed by atoms with E-state index in [4.69, 9.17) is 4.74 Å². The lowest BCUT2D eigenvalue weighted by molar-refractivity contribution is 0.269. The molecule has 0 radical (unpaired) electrons. The normalized spacial score (nSPS) is 14.5. The molecular formula is C14H16BrN3O2. The number of aromatic nitrogens is 2. The first kappa shape index (κ1) is 13.6. The number of hydrogen-bond acceptors (Lipinski definition) is 5. The highest BCUT2D eigenvalue weighted by molar-refractivity contribution is 9.10. The molecule has 1 aliphatic rings. The van der Waals surface area contributed by atoms with Gasteiger partial charge in [-0.1, -0.05) is 16.4 Å². The number of aryl methyl sites for hydroxylation is 1. The van der Waals surface area contributed by atoms with Crippen LogP contribution in [0.4, 0.5) is 0 Å². The minimum absolute atomic E-state index is 0.355. The van der Waals surface area contributed by atoms with Crippen molar-refractivity contribution in [2.75, 3.05) is 0 Å². The summed E-state index contributed by atoms with van der Waals surface area (Å²) in [7, 11) is 0. The average Bonchev–Trinajstić information content (AvgIpc) is 3.18. The van der Waals surface area contributed by atoms with Crippen molar-refractivity contribution in [1.29, 1.82) is 0 Å². The highest BCUT2D eigenvalue weighted by Gasteiger charge is 2.20. The minimum atomic E-state index is 0.355. The molecular weight excluding hydrogens is 322 g/mol. The zero-order chi connectivity index (χ0) is 13.9. The highest BCUT2D eigenvalue weighted by atomic mass is 79.9. The lowest BCUT2D eigenvalue weighted by Gasteiger charge is -2.09. The van der Waals surface area contributed by atoms with Crippen LogP contribution in [-0.2, 0) is 13.2 Å². The van der Waals surface area contributed by atoms with Crippen molar-refractivity contribution < 1.29 is 9.37 Å². The van der Waals surface area contributed by atoms with Gasteiger partial charge in [-0.05, 0) is 53.4 Å². The smallest absolute Gasteiger partial charge is 0.145 e. The number of ether oxygens (including phenoxy) is 1. The Morgan fingerprint density at radius 3 is 2.90 bits per heavy atom. The predicted octanol–water partition coefficient (Wildman–Crippen LogP) is 2.97. The SMILES string of the molecule is Cc1nonc1COc1ccc(CNC2CC2)cc1Br. The van der Waals surface area contributed by atoms with Gasteiger partial charge in [0.05, 0.1) is 4.47 Å². The average molecular weight is 338 g/mol. The summed E-state index contributed by atoms with van der Waals surface area (Å²) >= 11 is 3.54. The Hall–Kier alpha value is -1.40. The summed E-state index contributed by atoms with van der Waals surface area (Å²) in [6.07, 6.45) is 2.60. The molecule has 0 unspecified atom stereocenters. The van der Waals surface area contributed by atoms with Gasteiger partial charge in [0.25, 0.3) is 0 Å². The van der Waals surface area contributed by atoms with Gasteiger partial charge in [0.15, 0.2) is 0 Å². The van der Waals surface area contributed by atoms with Crippen LogP contribution in [0.2, 0.25) is 0 Å². The van der Waals surface area contributed by atoms with Crippen LogP contribution in [0.1, 0.15) is 29.8 Å². The van der Waals surface area contributed by atoms with E-state index in [-0.39, 0.29) is 0 Å². The summed E-state index contributed by atoms with van der Waals surface area (Å²) in [4.78, 5) is 0. The van der Waals surface area contributed by atoms with Gasteiger partial charge >= 0.3 is 0 Å². The number of nitrogens with zero attached hydrogens (tertiary/aromatic N) is 2. The molecule has 1 N–H and O–H groups in total. The van der Waals surface area contributed by atoms with E-state index >= 15 is 0 Å². The third-order valence-electron chi connectivity index (χ3n) is 3.28. The maximum absolute atomic E-state index is 5.73. The highest BCUT2D eigenvalue weighted by Crippen LogP contribution is 2.27. The van der Waals surface area contributed by atoms with Gasteiger partial charge in [-0.25, -0.2) is 4.63 Å². The molecule has 106 valence electrons. The van der Waals surface area contributed by atoms with Crippen LogP contribution in [-0.4, -0.2) is 16.4 Å². The molecule has 3 rings (SSSR count). The van der Waals surface area contributed by atoms with E-state index < -0.39 is 0 Å². The van der Waals surface area contributed by atoms with Gasteiger partial charge in [-0.3, -0.25) is 0 Å². The van der Waals surface area contributed by atoms with Crippen LogP contribution >= 0.6 is 15.9 Å². The van der Waals surface area contributed by atoms with Crippen molar-refractivity contribution in [3.63, 3.8) is 0 Å². The summed E-state index contributed by atoms with van der Waals surface area (Å²) < 4.78 is 11.3. The molecule has 1 fully saturated rings. The zero-order valence-corrected chi connectivity index (χ0v) is 12.8. The van der Waals surface area contributed by atoms with Crippen molar-refractivity contribution in [3.05, 3.63) is 39.6 Å². The van der Waals surface area contributed by atoms with Crippen LogP contribution in [0.25, 0.3) is 0 Å². The van der Waals surface area contributed by atoms with Crippen molar-refractivity contribution in [2.45, 2.75) is 39.0 Å². The van der Waals surface area contributed by atoms with E-state index in [1.54, 1.807) is 0 Å². The summed E-state index contributed by atoms with van der Waals surface area (Å²) in [5.74, 6) is 0.794. The van der Waals surface area contributed by atoms with E-state index in [9.17, 15) is 0 Å². The van der Waals surface area contributed by atoms with Crippen LogP contribution in [0.15, 0.2) is 27.3 Å². The second kappa shape index (κ2) is 5.93. The molecule has 1 saturated carbocycles. The van der Waals surface area contributed by atoms with E-state index in [2.05, 4.69) is 48.3 Å². The molecule has 0 saturated heterocycles. The number of benzene rings is 1. The fourth-order valence-corrected chi connectivity index (χ4v) is 2.39. The molecule has 0 spiro atoms. The van der Waals surface area contributed by atoms with Crippen molar-refractivity contribution in [1.82, 2.24) is 15.6 Å². The standard InChI is InChI=1S/C14H16BrN3O2/c1-9-13(18-20-17-9)8-19-14-5-2-10(6-12(14)15)7-16-11-3-4-11/h2,5-6,11,16H,3-4,7-8H2,1H3. The summed E-state index contributed by atoms with van der Waals surface area (Å²) in [6.45, 7) is 3.10. The fraction of sp³-hybridized carbons (Fsp3) is 0.429. The molecule has 1 heterocycles. The van der Waals surface area contributed by atoms with E-state index in [0.717, 1.165) is 28.2 Å². The van der Waals surface area contributed by atoms with Crippen LogP contribution in [0, 0.1) is 6.92 Å². The van der Waals surface area contributed by atoms with Crippen molar-refractivity contribution in [3.8, 4) is 5.75 Å². The molecule has 1 aromatic heterocycles. The topological polar surface area (TPSA) is 60.2 Å². The maximum Gasteiger partial charge on any atom is 0.145 e. The maximum atomic E-state index is 5.73. The molecule has 1 aromatic carbocycles. The first-order valence-corrected chi connectivity index (χ1v) is 7.44. The third kappa shape index (κ3) is 3.37. The van der Waals surface area contributed by atoms with Gasteiger partial charge in [-0.15, -0.1) is 0 Å². The molecule has 20 heavy (non-hydrogen) atoms. The Bertz CT molecular complexity index is 596. The third-order valence-corrected chi connectivity index (χ3v) is 3.90. The Balaban J connectivity index is 1.60. The molecule has 2 aromatic rings. The van der Waals surface area contributed by atoms with Crippen molar-refractivity contribution >= 4 is 15.9 Å². The van der Waals surface area contributed by atoms with Gasteiger partial charge in [-0.2, -0.15) is 0 Å². The lowest BCUT2D eigenvalue weighted by Crippen LogP contribution is -2.15. The molecule has 0 bridgehead atoms. The number of rotatable bonds is 6. The van der Waals surface area contributed by atoms with Gasteiger partial charge in [0.1, 0.15) is 23.7 Å². The van der Waals surface area contributed by atoms with Crippen LogP contribution in [0.3, 0.4) is 0 Å². The molecule has 6 heteroatoms. The fourth-order valence-electron chi connectivity index (χ4n) is 1.85. The van der Waals surface area contributed by atoms with Gasteiger partial charge < -0.3 is 10.1 Å². The Morgan fingerprint density at radius 2 is 2.25 bits per heavy atom. The first-order chi connectivity index (χ1) is 9.72. The molecule has 1 aliphatic carbocycles. The number of halogens is 1. The van der Waals surface area contributed by atoms with E-state index in [1.807, 2.05) is 13.0 Å². The second-order valence-electron chi connectivity index (χ2n) is 5.00.